The molecular weight excluding hydrogens is 324 g/mol. The lowest BCUT2D eigenvalue weighted by Crippen LogP contribution is -2.21. The molecule has 1 heterocycles. The van der Waals surface area contributed by atoms with E-state index in [1.807, 2.05) is 0 Å². The lowest BCUT2D eigenvalue weighted by Gasteiger charge is -2.14. The van der Waals surface area contributed by atoms with E-state index in [0.717, 1.165) is 16.7 Å². The third-order valence-electron chi connectivity index (χ3n) is 3.75. The van der Waals surface area contributed by atoms with Gasteiger partial charge in [-0.2, -0.15) is 13.2 Å². The van der Waals surface area contributed by atoms with Crippen molar-refractivity contribution in [2.45, 2.75) is 13.1 Å². The normalized spacial score (nSPS) is 11.9. The van der Waals surface area contributed by atoms with E-state index in [-0.39, 0.29) is 0 Å². The Balaban J connectivity index is 2.27. The van der Waals surface area contributed by atoms with Crippen molar-refractivity contribution in [1.82, 2.24) is 4.57 Å². The Morgan fingerprint density at radius 2 is 1.83 bits per heavy atom. The first-order valence-corrected chi connectivity index (χ1v) is 6.98. The maximum absolute atomic E-state index is 14.1. The van der Waals surface area contributed by atoms with Crippen LogP contribution >= 0.6 is 0 Å². The van der Waals surface area contributed by atoms with Gasteiger partial charge in [0.25, 0.3) is 5.91 Å². The van der Waals surface area contributed by atoms with Crippen LogP contribution in [0.4, 0.5) is 23.2 Å². The Morgan fingerprint density at radius 1 is 1.12 bits per heavy atom. The highest BCUT2D eigenvalue weighted by Gasteiger charge is 2.37. The Morgan fingerprint density at radius 3 is 2.50 bits per heavy atom. The van der Waals surface area contributed by atoms with E-state index in [4.69, 9.17) is 5.73 Å². The molecule has 7 heteroatoms. The molecular formula is C17H12F4N2O. The molecule has 124 valence electrons. The number of aromatic nitrogens is 1. The first kappa shape index (κ1) is 16.0. The second kappa shape index (κ2) is 5.36. The zero-order valence-corrected chi connectivity index (χ0v) is 12.5. The first-order valence-electron chi connectivity index (χ1n) is 6.98. The van der Waals surface area contributed by atoms with E-state index >= 15 is 0 Å². The molecule has 24 heavy (non-hydrogen) atoms. The highest BCUT2D eigenvalue weighted by atomic mass is 19.4. The number of aryl methyl sites for hydroxylation is 1. The van der Waals surface area contributed by atoms with Gasteiger partial charge in [0.2, 0.25) is 0 Å². The monoisotopic (exact) mass is 336 g/mol. The average molecular weight is 336 g/mol. The van der Waals surface area contributed by atoms with Crippen molar-refractivity contribution in [2.75, 3.05) is 5.73 Å². The largest absolute Gasteiger partial charge is 0.417 e. The summed E-state index contributed by atoms with van der Waals surface area (Å²) in [5.74, 6) is -2.29. The quantitative estimate of drug-likeness (QED) is 0.530. The molecule has 0 fully saturated rings. The number of nitrogens with two attached hydrogens (primary N) is 1. The minimum Gasteiger partial charge on any atom is -0.399 e. The topological polar surface area (TPSA) is 48.0 Å². The number of nitrogen functional groups attached to an aromatic ring is 1. The molecule has 0 unspecified atom stereocenters. The fraction of sp³-hybridized carbons (Fsp3) is 0.118. The number of hydrogen-bond acceptors (Lipinski definition) is 2. The van der Waals surface area contributed by atoms with Gasteiger partial charge >= 0.3 is 6.18 Å². The average Bonchev–Trinajstić information content (AvgIpc) is 2.80. The molecule has 3 rings (SSSR count). The lowest BCUT2D eigenvalue weighted by molar-refractivity contribution is -0.138. The Kier molecular flexibility index (Phi) is 3.59. The third-order valence-corrected chi connectivity index (χ3v) is 3.75. The van der Waals surface area contributed by atoms with E-state index in [1.165, 1.54) is 12.1 Å². The predicted octanol–water partition coefficient (Wildman–Crippen LogP) is 4.38. The molecule has 0 atom stereocenters. The minimum absolute atomic E-state index is 0.364. The first-order chi connectivity index (χ1) is 11.2. The van der Waals surface area contributed by atoms with Crippen LogP contribution in [0.5, 0.6) is 0 Å². The van der Waals surface area contributed by atoms with E-state index in [0.29, 0.717) is 28.4 Å². The molecule has 0 radical (unpaired) electrons. The Labute approximate surface area is 134 Å². The van der Waals surface area contributed by atoms with Crippen molar-refractivity contribution in [3.63, 3.8) is 0 Å². The molecule has 0 amide bonds. The summed E-state index contributed by atoms with van der Waals surface area (Å²) < 4.78 is 54.6. The van der Waals surface area contributed by atoms with Crippen LogP contribution in [0.1, 0.15) is 21.6 Å². The second-order valence-corrected chi connectivity index (χ2v) is 5.40. The smallest absolute Gasteiger partial charge is 0.399 e. The van der Waals surface area contributed by atoms with Gasteiger partial charge in [-0.15, -0.1) is 0 Å². The highest BCUT2D eigenvalue weighted by Crippen LogP contribution is 2.34. The number of nitrogens with zero attached hydrogens (tertiary/aromatic N) is 1. The zero-order chi connectivity index (χ0) is 17.6. The van der Waals surface area contributed by atoms with Crippen molar-refractivity contribution >= 4 is 22.5 Å². The second-order valence-electron chi connectivity index (χ2n) is 5.40. The van der Waals surface area contributed by atoms with Gasteiger partial charge in [-0.1, -0.05) is 6.07 Å². The Hall–Kier alpha value is -2.83. The van der Waals surface area contributed by atoms with Gasteiger partial charge in [0.1, 0.15) is 5.82 Å². The summed E-state index contributed by atoms with van der Waals surface area (Å²) in [6, 6.07) is 8.70. The standard InChI is InChI=1S/C17H12F4N2O/c1-9-7-10-8-11(22)5-6-14(10)23(9)16(24)15-12(17(19,20)21)3-2-4-13(15)18/h2-8H,22H2,1H3. The maximum Gasteiger partial charge on any atom is 0.417 e. The van der Waals surface area contributed by atoms with Crippen LogP contribution in [-0.2, 0) is 6.18 Å². The number of carbonyl (C=O) groups excluding carboxylic acids is 1. The molecule has 0 aliphatic heterocycles. The number of rotatable bonds is 1. The summed E-state index contributed by atoms with van der Waals surface area (Å²) in [5, 5.41) is 0.589. The van der Waals surface area contributed by atoms with Gasteiger partial charge in [0.05, 0.1) is 16.6 Å². The number of benzene rings is 2. The van der Waals surface area contributed by atoms with Gasteiger partial charge in [-0.3, -0.25) is 9.36 Å². The molecule has 3 nitrogen and oxygen atoms in total. The van der Waals surface area contributed by atoms with Gasteiger partial charge in [-0.05, 0) is 43.3 Å². The van der Waals surface area contributed by atoms with Crippen LogP contribution in [0.2, 0.25) is 0 Å². The number of hydrogen-bond donors (Lipinski definition) is 1. The van der Waals surface area contributed by atoms with Gasteiger partial charge < -0.3 is 5.73 Å². The number of anilines is 1. The van der Waals surface area contributed by atoms with Gasteiger partial charge in [-0.25, -0.2) is 4.39 Å². The lowest BCUT2D eigenvalue weighted by atomic mass is 10.1. The van der Waals surface area contributed by atoms with Crippen molar-refractivity contribution < 1.29 is 22.4 Å². The third kappa shape index (κ3) is 2.51. The van der Waals surface area contributed by atoms with Gasteiger partial charge in [0, 0.05) is 16.8 Å². The zero-order valence-electron chi connectivity index (χ0n) is 12.5. The summed E-state index contributed by atoms with van der Waals surface area (Å²) in [7, 11) is 0. The fourth-order valence-electron chi connectivity index (χ4n) is 2.73. The number of carbonyl (C=O) groups is 1. The molecule has 1 aromatic heterocycles. The van der Waals surface area contributed by atoms with Crippen molar-refractivity contribution in [1.29, 1.82) is 0 Å². The van der Waals surface area contributed by atoms with Crippen LogP contribution in [0.25, 0.3) is 10.9 Å². The van der Waals surface area contributed by atoms with Crippen LogP contribution in [0.15, 0.2) is 42.5 Å². The Bertz CT molecular complexity index is 957. The van der Waals surface area contributed by atoms with Crippen LogP contribution in [0.3, 0.4) is 0 Å². The molecule has 2 N–H and O–H groups in total. The van der Waals surface area contributed by atoms with Crippen molar-refractivity contribution in [3.05, 3.63) is 65.1 Å². The van der Waals surface area contributed by atoms with E-state index in [1.54, 1.807) is 19.1 Å². The predicted molar refractivity (Wildman–Crippen MR) is 82.2 cm³/mol. The summed E-state index contributed by atoms with van der Waals surface area (Å²) in [6.07, 6.45) is -4.84. The molecule has 0 aliphatic rings. The fourth-order valence-corrected chi connectivity index (χ4v) is 2.73. The van der Waals surface area contributed by atoms with Crippen molar-refractivity contribution in [2.24, 2.45) is 0 Å². The van der Waals surface area contributed by atoms with Crippen molar-refractivity contribution in [3.8, 4) is 0 Å². The summed E-state index contributed by atoms with van der Waals surface area (Å²) in [5.41, 5.74) is 4.58. The van der Waals surface area contributed by atoms with Crippen LogP contribution in [0, 0.1) is 12.7 Å². The molecule has 0 bridgehead atoms. The molecule has 0 saturated heterocycles. The molecule has 2 aromatic carbocycles. The summed E-state index contributed by atoms with van der Waals surface area (Å²) >= 11 is 0. The molecule has 0 saturated carbocycles. The summed E-state index contributed by atoms with van der Waals surface area (Å²) in [6.45, 7) is 1.56. The number of alkyl halides is 3. The van der Waals surface area contributed by atoms with Gasteiger partial charge in [0.15, 0.2) is 0 Å². The molecule has 0 spiro atoms. The van der Waals surface area contributed by atoms with E-state index < -0.39 is 29.0 Å². The maximum atomic E-state index is 14.1. The highest BCUT2D eigenvalue weighted by molar-refractivity contribution is 6.04. The van der Waals surface area contributed by atoms with Crippen LogP contribution < -0.4 is 5.73 Å². The van der Waals surface area contributed by atoms with E-state index in [2.05, 4.69) is 0 Å². The van der Waals surface area contributed by atoms with E-state index in [9.17, 15) is 22.4 Å². The summed E-state index contributed by atoms with van der Waals surface area (Å²) in [4.78, 5) is 12.7. The molecule has 0 aliphatic carbocycles. The number of fused-ring (bicyclic) bond motifs is 1. The minimum atomic E-state index is -4.84. The number of halogens is 4. The van der Waals surface area contributed by atoms with Crippen LogP contribution in [-0.4, -0.2) is 10.5 Å². The SMILES string of the molecule is Cc1cc2cc(N)ccc2n1C(=O)c1c(F)cccc1C(F)(F)F. The molecule has 3 aromatic rings.